The van der Waals surface area contributed by atoms with Gasteiger partial charge in [0, 0.05) is 32.3 Å². The third-order valence-corrected chi connectivity index (χ3v) is 8.61. The van der Waals surface area contributed by atoms with Gasteiger partial charge in [-0.15, -0.1) is 0 Å². The molecule has 29 heavy (non-hydrogen) atoms. The molecule has 0 saturated heterocycles. The number of quaternary nitrogens is 1. The zero-order chi connectivity index (χ0) is 21.1. The number of nitrogens with zero attached hydrogens (tertiary/aromatic N) is 1. The van der Waals surface area contributed by atoms with Crippen LogP contribution in [0.15, 0.2) is 0 Å². The minimum absolute atomic E-state index is 0. The van der Waals surface area contributed by atoms with Crippen LogP contribution in [0, 0.1) is 0 Å². The van der Waals surface area contributed by atoms with Crippen molar-refractivity contribution in [2.75, 3.05) is 47.0 Å². The predicted octanol–water partition coefficient (Wildman–Crippen LogP) is 3.43. The van der Waals surface area contributed by atoms with E-state index in [0.717, 1.165) is 16.9 Å². The lowest BCUT2D eigenvalue weighted by Crippen LogP contribution is -3.00. The van der Waals surface area contributed by atoms with Crippen molar-refractivity contribution in [3.8, 4) is 0 Å². The highest BCUT2D eigenvalue weighted by Crippen LogP contribution is 2.20. The van der Waals surface area contributed by atoms with Gasteiger partial charge >= 0.3 is 8.80 Å². The van der Waals surface area contributed by atoms with E-state index in [0.29, 0.717) is 19.8 Å². The van der Waals surface area contributed by atoms with Crippen molar-refractivity contribution in [1.82, 2.24) is 0 Å². The van der Waals surface area contributed by atoms with E-state index in [4.69, 9.17) is 13.3 Å². The fourth-order valence-electron chi connectivity index (χ4n) is 3.86. The van der Waals surface area contributed by atoms with Gasteiger partial charge in [-0.1, -0.05) is 58.3 Å². The van der Waals surface area contributed by atoms with Crippen LogP contribution < -0.4 is 24.0 Å². The maximum absolute atomic E-state index is 5.98. The molecule has 6 heteroatoms. The molecule has 0 aliphatic carbocycles. The van der Waals surface area contributed by atoms with Gasteiger partial charge in [0.2, 0.25) is 0 Å². The highest BCUT2D eigenvalue weighted by atomic mass is 127. The minimum atomic E-state index is -2.47. The largest absolute Gasteiger partial charge is 1.00 e. The molecule has 4 nitrogen and oxygen atoms in total. The molecule has 0 aliphatic heterocycles. The standard InChI is InChI=1S/C23H52NO3Si.HI/c1-7-11-12-13-14-15-16-17-18-19-21-24(5,6)22-20-23-28(25-8-2,26-9-3)27-10-4;/h7-23H2,1-6H3;1H/q+1;/p-1. The van der Waals surface area contributed by atoms with Gasteiger partial charge in [-0.3, -0.25) is 0 Å². The van der Waals surface area contributed by atoms with E-state index in [9.17, 15) is 0 Å². The van der Waals surface area contributed by atoms with E-state index in [1.54, 1.807) is 0 Å². The molecule has 0 rings (SSSR count). The van der Waals surface area contributed by atoms with E-state index >= 15 is 0 Å². The Bertz CT molecular complexity index is 329. The summed E-state index contributed by atoms with van der Waals surface area (Å²) >= 11 is 0. The van der Waals surface area contributed by atoms with Crippen molar-refractivity contribution >= 4 is 8.80 Å². The summed E-state index contributed by atoms with van der Waals surface area (Å²) in [5, 5.41) is 0. The highest BCUT2D eigenvalue weighted by molar-refractivity contribution is 6.60. The van der Waals surface area contributed by atoms with Gasteiger partial charge in [0.1, 0.15) is 0 Å². The lowest BCUT2D eigenvalue weighted by Gasteiger charge is -2.32. The van der Waals surface area contributed by atoms with Crippen LogP contribution in [-0.4, -0.2) is 60.3 Å². The number of hydrogen-bond donors (Lipinski definition) is 0. The van der Waals surface area contributed by atoms with Crippen LogP contribution >= 0.6 is 0 Å². The number of halogens is 1. The first kappa shape index (κ1) is 32.0. The quantitative estimate of drug-likeness (QED) is 0.0958. The molecular weight excluding hydrogens is 493 g/mol. The molecule has 0 N–H and O–H groups in total. The summed E-state index contributed by atoms with van der Waals surface area (Å²) in [5.74, 6) is 0. The molecule has 0 heterocycles. The van der Waals surface area contributed by atoms with Crippen molar-refractivity contribution < 1.29 is 41.7 Å². The van der Waals surface area contributed by atoms with Gasteiger partial charge in [-0.25, -0.2) is 0 Å². The lowest BCUT2D eigenvalue weighted by molar-refractivity contribution is -0.890. The first-order valence-corrected chi connectivity index (χ1v) is 14.1. The molecule has 0 aromatic heterocycles. The van der Waals surface area contributed by atoms with Gasteiger partial charge in [-0.05, 0) is 33.6 Å². The van der Waals surface area contributed by atoms with Crippen LogP contribution in [0.25, 0.3) is 0 Å². The van der Waals surface area contributed by atoms with Crippen LogP contribution in [-0.2, 0) is 13.3 Å². The van der Waals surface area contributed by atoms with Crippen molar-refractivity contribution in [2.24, 2.45) is 0 Å². The van der Waals surface area contributed by atoms with E-state index in [1.807, 2.05) is 20.8 Å². The van der Waals surface area contributed by atoms with Gasteiger partial charge in [0.25, 0.3) is 0 Å². The highest BCUT2D eigenvalue weighted by Gasteiger charge is 2.40. The average Bonchev–Trinajstić information content (AvgIpc) is 2.64. The summed E-state index contributed by atoms with van der Waals surface area (Å²) in [4.78, 5) is 0. The third kappa shape index (κ3) is 18.1. The number of rotatable bonds is 21. The van der Waals surface area contributed by atoms with Crippen LogP contribution in [0.1, 0.15) is 98.3 Å². The number of hydrogen-bond acceptors (Lipinski definition) is 3. The predicted molar refractivity (Wildman–Crippen MR) is 124 cm³/mol. The Morgan fingerprint density at radius 1 is 0.552 bits per heavy atom. The van der Waals surface area contributed by atoms with E-state index in [2.05, 4.69) is 21.0 Å². The van der Waals surface area contributed by atoms with Crippen molar-refractivity contribution in [3.05, 3.63) is 0 Å². The zero-order valence-corrected chi connectivity index (χ0v) is 23.7. The SMILES string of the molecule is CCCCCCCCCCCC[N+](C)(C)CCC[Si](OCC)(OCC)OCC.[I-]. The summed E-state index contributed by atoms with van der Waals surface area (Å²) in [6, 6.07) is 0.933. The molecule has 178 valence electrons. The van der Waals surface area contributed by atoms with Crippen LogP contribution in [0.4, 0.5) is 0 Å². The normalized spacial score (nSPS) is 12.2. The smallest absolute Gasteiger partial charge is 0.501 e. The third-order valence-electron chi connectivity index (χ3n) is 5.46. The maximum Gasteiger partial charge on any atom is 0.501 e. The molecular formula is C23H52INO3Si. The second-order valence-electron chi connectivity index (χ2n) is 8.65. The average molecular weight is 546 g/mol. The minimum Gasteiger partial charge on any atom is -1.00 e. The lowest BCUT2D eigenvalue weighted by atomic mass is 10.1. The first-order chi connectivity index (χ1) is 13.4. The Kier molecular flexibility index (Phi) is 22.8. The molecule has 0 unspecified atom stereocenters. The molecule has 0 amide bonds. The van der Waals surface area contributed by atoms with E-state index in [-0.39, 0.29) is 24.0 Å². The molecule has 0 aromatic rings. The van der Waals surface area contributed by atoms with Gasteiger partial charge < -0.3 is 41.7 Å². The monoisotopic (exact) mass is 545 g/mol. The van der Waals surface area contributed by atoms with E-state index < -0.39 is 8.80 Å². The molecule has 0 fully saturated rings. The molecule has 0 radical (unpaired) electrons. The fraction of sp³-hybridized carbons (Fsp3) is 1.00. The Morgan fingerprint density at radius 3 is 1.34 bits per heavy atom. The molecule has 0 saturated carbocycles. The van der Waals surface area contributed by atoms with Crippen molar-refractivity contribution in [1.29, 1.82) is 0 Å². The fourth-order valence-corrected chi connectivity index (χ4v) is 6.46. The van der Waals surface area contributed by atoms with Crippen molar-refractivity contribution in [2.45, 2.75) is 104 Å². The Morgan fingerprint density at radius 2 is 0.931 bits per heavy atom. The second-order valence-corrected chi connectivity index (χ2v) is 11.4. The molecule has 0 aliphatic rings. The molecule has 0 aromatic carbocycles. The molecule has 0 atom stereocenters. The first-order valence-electron chi connectivity index (χ1n) is 12.2. The second kappa shape index (κ2) is 20.7. The summed E-state index contributed by atoms with van der Waals surface area (Å²) < 4.78 is 19.0. The zero-order valence-electron chi connectivity index (χ0n) is 20.6. The Labute approximate surface area is 201 Å². The molecule has 0 spiro atoms. The summed E-state index contributed by atoms with van der Waals surface area (Å²) in [6.07, 6.45) is 15.2. The summed E-state index contributed by atoms with van der Waals surface area (Å²) in [6.45, 7) is 12.8. The summed E-state index contributed by atoms with van der Waals surface area (Å²) in [7, 11) is 2.25. The van der Waals surface area contributed by atoms with Crippen LogP contribution in [0.3, 0.4) is 0 Å². The maximum atomic E-state index is 5.98. The van der Waals surface area contributed by atoms with Gasteiger partial charge in [-0.2, -0.15) is 0 Å². The Hall–Kier alpha value is 0.787. The molecule has 0 bridgehead atoms. The van der Waals surface area contributed by atoms with E-state index in [1.165, 1.54) is 77.3 Å². The Balaban J connectivity index is 0. The van der Waals surface area contributed by atoms with Crippen molar-refractivity contribution in [3.63, 3.8) is 0 Å². The number of unbranched alkanes of at least 4 members (excludes halogenated alkanes) is 9. The van der Waals surface area contributed by atoms with Crippen LogP contribution in [0.2, 0.25) is 6.04 Å². The topological polar surface area (TPSA) is 27.7 Å². The van der Waals surface area contributed by atoms with Gasteiger partial charge in [0.15, 0.2) is 0 Å². The van der Waals surface area contributed by atoms with Gasteiger partial charge in [0.05, 0.1) is 27.2 Å². The van der Waals surface area contributed by atoms with Crippen LogP contribution in [0.5, 0.6) is 0 Å². The summed E-state index contributed by atoms with van der Waals surface area (Å²) in [5.41, 5.74) is 0.